The first kappa shape index (κ1) is 51.4. The van der Waals surface area contributed by atoms with Crippen molar-refractivity contribution in [1.29, 1.82) is 0 Å². The Labute approximate surface area is 560 Å². The van der Waals surface area contributed by atoms with Gasteiger partial charge in [-0.1, -0.05) is 218 Å². The van der Waals surface area contributed by atoms with Crippen LogP contribution in [0.3, 0.4) is 0 Å². The van der Waals surface area contributed by atoms with Gasteiger partial charge in [-0.25, -0.2) is 0 Å². The minimum absolute atomic E-state index is 0.257. The van der Waals surface area contributed by atoms with Gasteiger partial charge in [0.2, 0.25) is 0 Å². The fourth-order valence-corrected chi connectivity index (χ4v) is 18.7. The predicted octanol–water partition coefficient (Wildman–Crippen LogP) is 21.4. The minimum Gasteiger partial charge on any atom is -0.309 e. The molecular weight excluding hydrogens is 1190 g/mol. The van der Waals surface area contributed by atoms with Crippen molar-refractivity contribution < 1.29 is 0 Å². The predicted molar refractivity (Wildman–Crippen MR) is 413 cm³/mol. The van der Waals surface area contributed by atoms with Gasteiger partial charge in [0.1, 0.15) is 0 Å². The number of para-hydroxylation sites is 14. The van der Waals surface area contributed by atoms with Crippen molar-refractivity contribution >= 4 is 199 Å². The van der Waals surface area contributed by atoms with Crippen molar-refractivity contribution in [3.05, 3.63) is 315 Å². The third-order valence-corrected chi connectivity index (χ3v) is 22.5. The molecule has 15 aromatic carbocycles. The average Bonchev–Trinajstić information content (AvgIpc) is 1.01. The van der Waals surface area contributed by atoms with Crippen molar-refractivity contribution in [3.8, 4) is 17.1 Å². The Morgan fingerprint density at radius 1 is 0.184 bits per heavy atom. The first-order chi connectivity index (χ1) is 48.7. The minimum atomic E-state index is -0.257. The Morgan fingerprint density at radius 2 is 0.459 bits per heavy atom. The van der Waals surface area contributed by atoms with Crippen molar-refractivity contribution in [3.63, 3.8) is 0 Å². The maximum Gasteiger partial charge on any atom is 0.252 e. The summed E-state index contributed by atoms with van der Waals surface area (Å²) in [5.41, 5.74) is 27.9. The van der Waals surface area contributed by atoms with E-state index in [0.717, 1.165) is 84.3 Å². The van der Waals surface area contributed by atoms with Gasteiger partial charge in [-0.3, -0.25) is 0 Å². The lowest BCUT2D eigenvalue weighted by atomic mass is 9.33. The van der Waals surface area contributed by atoms with E-state index in [4.69, 9.17) is 0 Å². The highest BCUT2D eigenvalue weighted by atomic mass is 15.2. The van der Waals surface area contributed by atoms with E-state index < -0.39 is 0 Å². The second-order valence-electron chi connectivity index (χ2n) is 27.1. The molecule has 7 aromatic heterocycles. The first-order valence-corrected chi connectivity index (χ1v) is 34.0. The number of aromatic nitrogens is 5. The molecule has 24 rings (SSSR count). The van der Waals surface area contributed by atoms with Gasteiger partial charge in [0.15, 0.2) is 0 Å². The molecule has 22 aromatic rings. The Morgan fingerprint density at radius 3 is 0.816 bits per heavy atom. The summed E-state index contributed by atoms with van der Waals surface area (Å²) in [5, 5.41) is 17.4. The van der Waals surface area contributed by atoms with Crippen molar-refractivity contribution in [2.75, 3.05) is 9.80 Å². The van der Waals surface area contributed by atoms with Crippen LogP contribution in [0.2, 0.25) is 0 Å². The number of rotatable bonds is 5. The molecule has 450 valence electrons. The summed E-state index contributed by atoms with van der Waals surface area (Å²) in [6.45, 7) is -0.257. The molecule has 0 radical (unpaired) electrons. The zero-order chi connectivity index (χ0) is 63.3. The maximum absolute atomic E-state index is 2.68. The van der Waals surface area contributed by atoms with E-state index in [1.165, 1.54) is 125 Å². The highest BCUT2D eigenvalue weighted by molar-refractivity contribution is 7.00. The Bertz CT molecular complexity index is 6760. The van der Waals surface area contributed by atoms with Gasteiger partial charge in [-0.05, 0) is 113 Å². The zero-order valence-electron chi connectivity index (χ0n) is 52.7. The highest BCUT2D eigenvalue weighted by Crippen LogP contribution is 2.53. The zero-order valence-corrected chi connectivity index (χ0v) is 52.7. The van der Waals surface area contributed by atoms with Gasteiger partial charge in [0.25, 0.3) is 6.71 Å². The standard InChI is InChI=1S/C90H52BN7/c1-9-35-70-54(23-1)55-24-2-10-36-71(55)92(70)53-47-86-88-87(48-53)96(81-46-20-18-44-79(81)94-74-39-13-5-27-58(74)59-28-6-14-40-75(59)94)85-52-83-67(65-34-22-32-63-61-30-8-16-42-77(61)98(83)90(63)65)50-69(85)91(88)68-49-66-64-33-21-31-62-60-29-7-15-41-76(60)97(89(62)64)82(66)51-84(68)95(86)80-45-19-17-43-78(80)93-72-37-11-3-25-56(72)57-26-4-12-38-73(57)93/h1-52H. The Kier molecular flexibility index (Phi) is 9.68. The largest absolute Gasteiger partial charge is 0.309 e. The number of anilines is 6. The molecule has 0 fully saturated rings. The van der Waals surface area contributed by atoms with Gasteiger partial charge >= 0.3 is 0 Å². The lowest BCUT2D eigenvalue weighted by molar-refractivity contribution is 1.13. The van der Waals surface area contributed by atoms with Crippen LogP contribution in [-0.4, -0.2) is 29.2 Å². The average molecular weight is 1240 g/mol. The monoisotopic (exact) mass is 1240 g/mol. The molecule has 9 heterocycles. The molecular formula is C90H52BN7. The van der Waals surface area contributed by atoms with Crippen LogP contribution >= 0.6 is 0 Å². The van der Waals surface area contributed by atoms with Crippen LogP contribution in [0.4, 0.5) is 34.1 Å². The summed E-state index contributed by atoms with van der Waals surface area (Å²) in [5.74, 6) is 0. The third kappa shape index (κ3) is 6.32. The summed E-state index contributed by atoms with van der Waals surface area (Å²) in [6.07, 6.45) is 0. The molecule has 0 atom stereocenters. The number of hydrogen-bond acceptors (Lipinski definition) is 2. The summed E-state index contributed by atoms with van der Waals surface area (Å²) < 4.78 is 12.7. The number of hydrogen-bond donors (Lipinski definition) is 0. The summed E-state index contributed by atoms with van der Waals surface area (Å²) in [6, 6.07) is 120. The van der Waals surface area contributed by atoms with Gasteiger partial charge < -0.3 is 32.3 Å². The number of benzene rings is 15. The lowest BCUT2D eigenvalue weighted by Gasteiger charge is -2.45. The molecule has 0 saturated heterocycles. The van der Waals surface area contributed by atoms with Gasteiger partial charge in [0, 0.05) is 98.2 Å². The summed E-state index contributed by atoms with van der Waals surface area (Å²) >= 11 is 0. The molecule has 0 N–H and O–H groups in total. The lowest BCUT2D eigenvalue weighted by Crippen LogP contribution is -2.61. The molecule has 0 bridgehead atoms. The first-order valence-electron chi connectivity index (χ1n) is 34.0. The van der Waals surface area contributed by atoms with Crippen LogP contribution in [0, 0.1) is 0 Å². The van der Waals surface area contributed by atoms with Crippen molar-refractivity contribution in [2.45, 2.75) is 0 Å². The smallest absolute Gasteiger partial charge is 0.252 e. The van der Waals surface area contributed by atoms with Crippen molar-refractivity contribution in [2.24, 2.45) is 0 Å². The number of nitrogens with zero attached hydrogens (tertiary/aromatic N) is 7. The summed E-state index contributed by atoms with van der Waals surface area (Å²) in [4.78, 5) is 5.36. The van der Waals surface area contributed by atoms with Crippen LogP contribution in [0.15, 0.2) is 315 Å². The molecule has 2 aliphatic rings. The maximum atomic E-state index is 2.68. The van der Waals surface area contributed by atoms with Gasteiger partial charge in [-0.15, -0.1) is 0 Å². The molecule has 98 heavy (non-hydrogen) atoms. The second-order valence-corrected chi connectivity index (χ2v) is 27.1. The fraction of sp³-hybridized carbons (Fsp3) is 0. The van der Waals surface area contributed by atoms with Crippen LogP contribution in [0.25, 0.3) is 159 Å². The van der Waals surface area contributed by atoms with E-state index >= 15 is 0 Å². The van der Waals surface area contributed by atoms with Crippen molar-refractivity contribution in [1.82, 2.24) is 22.5 Å². The van der Waals surface area contributed by atoms with Crippen LogP contribution < -0.4 is 26.2 Å². The van der Waals surface area contributed by atoms with E-state index in [2.05, 4.69) is 348 Å². The van der Waals surface area contributed by atoms with E-state index in [1.807, 2.05) is 0 Å². The summed E-state index contributed by atoms with van der Waals surface area (Å²) in [7, 11) is 0. The normalized spacial score (nSPS) is 13.2. The second kappa shape index (κ2) is 18.5. The van der Waals surface area contributed by atoms with Crippen LogP contribution in [0.1, 0.15) is 0 Å². The fourth-order valence-electron chi connectivity index (χ4n) is 18.7. The topological polar surface area (TPSA) is 30.1 Å². The van der Waals surface area contributed by atoms with E-state index in [0.29, 0.717) is 0 Å². The molecule has 0 saturated carbocycles. The quantitative estimate of drug-likeness (QED) is 0.161. The molecule has 0 aliphatic carbocycles. The molecule has 7 nitrogen and oxygen atoms in total. The number of fused-ring (bicyclic) bond motifs is 25. The molecule has 8 heteroatoms. The highest BCUT2D eigenvalue weighted by Gasteiger charge is 2.46. The SMILES string of the molecule is c1ccc(-n2c3ccccc3c3ccccc32)c(N2c3cc4c(cc3B3c5cc6c7cccc8c9ccccc9n(c6cc5N(c5ccccc5-n5c6ccccc6c6ccccc65)c5cc(-n6c9ccccc9c9ccccc96)cc2c53)c87)c2cccc3c5ccccc5n4c32)c1. The Balaban J connectivity index is 0.913. The molecule has 0 unspecified atom stereocenters. The van der Waals surface area contributed by atoms with E-state index in [-0.39, 0.29) is 6.71 Å². The molecule has 0 spiro atoms. The van der Waals surface area contributed by atoms with E-state index in [1.54, 1.807) is 0 Å². The molecule has 0 amide bonds. The van der Waals surface area contributed by atoms with Crippen LogP contribution in [0.5, 0.6) is 0 Å². The third-order valence-electron chi connectivity index (χ3n) is 22.5. The Hall–Kier alpha value is -13.0. The van der Waals surface area contributed by atoms with Gasteiger partial charge in [0.05, 0.1) is 94.6 Å². The molecule has 2 aliphatic heterocycles. The van der Waals surface area contributed by atoms with E-state index in [9.17, 15) is 0 Å². The van der Waals surface area contributed by atoms with Gasteiger partial charge in [-0.2, -0.15) is 0 Å². The van der Waals surface area contributed by atoms with Crippen LogP contribution in [-0.2, 0) is 0 Å².